The molecule has 2 aromatic carbocycles. The van der Waals surface area contributed by atoms with E-state index in [-0.39, 0.29) is 17.0 Å². The average molecular weight is 423 g/mol. The van der Waals surface area contributed by atoms with Crippen LogP contribution in [0.15, 0.2) is 70.0 Å². The molecule has 8 heteroatoms. The number of nitrogens with zero attached hydrogens (tertiary/aromatic N) is 1. The molecule has 4 rings (SSSR count). The van der Waals surface area contributed by atoms with Crippen LogP contribution in [0, 0.1) is 5.82 Å². The molecule has 2 amide bonds. The Kier molecular flexibility index (Phi) is 5.24. The number of carboxylic acid groups (broad SMARTS) is 1. The van der Waals surface area contributed by atoms with Gasteiger partial charge in [-0.2, -0.15) is 0 Å². The first-order chi connectivity index (χ1) is 14.4. The molecule has 30 heavy (non-hydrogen) atoms. The summed E-state index contributed by atoms with van der Waals surface area (Å²) in [6.45, 7) is 0.0493. The van der Waals surface area contributed by atoms with Crippen molar-refractivity contribution in [1.29, 1.82) is 0 Å². The summed E-state index contributed by atoms with van der Waals surface area (Å²) in [6, 6.07) is 15.2. The van der Waals surface area contributed by atoms with E-state index in [1.807, 2.05) is 0 Å². The van der Waals surface area contributed by atoms with E-state index in [0.29, 0.717) is 22.6 Å². The molecule has 1 aliphatic heterocycles. The lowest BCUT2D eigenvalue weighted by Crippen LogP contribution is -2.27. The maximum atomic E-state index is 13.0. The average Bonchev–Trinajstić information content (AvgIpc) is 3.30. The summed E-state index contributed by atoms with van der Waals surface area (Å²) < 4.78 is 18.8. The van der Waals surface area contributed by atoms with Crippen LogP contribution < -0.4 is 0 Å². The Labute approximate surface area is 174 Å². The highest BCUT2D eigenvalue weighted by Gasteiger charge is 2.35. The number of amides is 2. The van der Waals surface area contributed by atoms with Crippen LogP contribution in [0.5, 0.6) is 0 Å². The number of hydrogen-bond donors (Lipinski definition) is 1. The zero-order chi connectivity index (χ0) is 21.3. The van der Waals surface area contributed by atoms with Crippen LogP contribution in [-0.4, -0.2) is 27.1 Å². The number of hydrogen-bond acceptors (Lipinski definition) is 5. The predicted molar refractivity (Wildman–Crippen MR) is 109 cm³/mol. The maximum Gasteiger partial charge on any atom is 0.335 e. The van der Waals surface area contributed by atoms with Gasteiger partial charge in [0, 0.05) is 11.6 Å². The quantitative estimate of drug-likeness (QED) is 0.580. The smallest absolute Gasteiger partial charge is 0.335 e. The van der Waals surface area contributed by atoms with Crippen LogP contribution in [0.1, 0.15) is 21.7 Å². The number of rotatable bonds is 5. The monoisotopic (exact) mass is 423 g/mol. The largest absolute Gasteiger partial charge is 0.478 e. The number of aromatic carboxylic acids is 1. The van der Waals surface area contributed by atoms with Gasteiger partial charge in [0.05, 0.1) is 17.0 Å². The summed E-state index contributed by atoms with van der Waals surface area (Å²) in [6.07, 6.45) is 1.47. The van der Waals surface area contributed by atoms with Crippen molar-refractivity contribution in [2.75, 3.05) is 0 Å². The van der Waals surface area contributed by atoms with Crippen molar-refractivity contribution in [3.8, 4) is 11.3 Å². The van der Waals surface area contributed by atoms with Crippen molar-refractivity contribution in [2.24, 2.45) is 0 Å². The number of carbonyl (C=O) groups is 3. The summed E-state index contributed by atoms with van der Waals surface area (Å²) in [5, 5.41) is 8.69. The Morgan fingerprint density at radius 2 is 1.87 bits per heavy atom. The topological polar surface area (TPSA) is 87.8 Å². The van der Waals surface area contributed by atoms with Gasteiger partial charge in [-0.1, -0.05) is 24.3 Å². The predicted octanol–water partition coefficient (Wildman–Crippen LogP) is 5.02. The van der Waals surface area contributed by atoms with Gasteiger partial charge in [0.25, 0.3) is 11.1 Å². The second-order valence-electron chi connectivity index (χ2n) is 6.48. The molecule has 1 saturated heterocycles. The lowest BCUT2D eigenvalue weighted by Gasteiger charge is -2.12. The van der Waals surface area contributed by atoms with Crippen LogP contribution in [0.4, 0.5) is 9.18 Å². The Morgan fingerprint density at radius 1 is 1.10 bits per heavy atom. The van der Waals surface area contributed by atoms with Gasteiger partial charge in [0.2, 0.25) is 0 Å². The highest BCUT2D eigenvalue weighted by molar-refractivity contribution is 8.18. The van der Waals surface area contributed by atoms with Crippen LogP contribution in [-0.2, 0) is 11.3 Å². The fourth-order valence-electron chi connectivity index (χ4n) is 2.93. The minimum absolute atomic E-state index is 0.0493. The Balaban J connectivity index is 1.53. The molecule has 0 spiro atoms. The van der Waals surface area contributed by atoms with E-state index in [0.717, 1.165) is 16.7 Å². The number of thioether (sulfide) groups is 1. The molecule has 150 valence electrons. The highest BCUT2D eigenvalue weighted by atomic mass is 32.2. The number of carboxylic acids is 1. The van der Waals surface area contributed by atoms with E-state index in [1.54, 1.807) is 24.3 Å². The third kappa shape index (κ3) is 4.04. The van der Waals surface area contributed by atoms with E-state index in [4.69, 9.17) is 9.52 Å². The van der Waals surface area contributed by atoms with E-state index in [2.05, 4.69) is 0 Å². The van der Waals surface area contributed by atoms with Gasteiger partial charge in [-0.15, -0.1) is 0 Å². The van der Waals surface area contributed by atoms with Crippen molar-refractivity contribution in [1.82, 2.24) is 4.90 Å². The lowest BCUT2D eigenvalue weighted by molar-refractivity contribution is -0.123. The van der Waals surface area contributed by atoms with Crippen molar-refractivity contribution >= 4 is 35.0 Å². The number of carbonyl (C=O) groups excluding carboxylic acids is 2. The van der Waals surface area contributed by atoms with Crippen LogP contribution in [0.3, 0.4) is 0 Å². The summed E-state index contributed by atoms with van der Waals surface area (Å²) >= 11 is 0.797. The Bertz CT molecular complexity index is 1180. The normalized spacial score (nSPS) is 15.2. The van der Waals surface area contributed by atoms with Crippen molar-refractivity contribution in [3.05, 3.63) is 88.3 Å². The van der Waals surface area contributed by atoms with E-state index < -0.39 is 22.9 Å². The lowest BCUT2D eigenvalue weighted by atomic mass is 10.1. The molecule has 3 aromatic rings. The first-order valence-corrected chi connectivity index (χ1v) is 9.66. The first-order valence-electron chi connectivity index (χ1n) is 8.84. The zero-order valence-corrected chi connectivity index (χ0v) is 16.2. The van der Waals surface area contributed by atoms with E-state index in [9.17, 15) is 18.8 Å². The zero-order valence-electron chi connectivity index (χ0n) is 15.4. The summed E-state index contributed by atoms with van der Waals surface area (Å²) in [5.41, 5.74) is 1.35. The molecule has 6 nitrogen and oxygen atoms in total. The van der Waals surface area contributed by atoms with E-state index in [1.165, 1.54) is 42.5 Å². The number of furan rings is 1. The second kappa shape index (κ2) is 8.00. The fraction of sp³-hybridized carbons (Fsp3) is 0.0455. The highest BCUT2D eigenvalue weighted by Crippen LogP contribution is 2.34. The Hall–Kier alpha value is -3.65. The van der Waals surface area contributed by atoms with Gasteiger partial charge in [-0.05, 0) is 53.7 Å². The van der Waals surface area contributed by atoms with Gasteiger partial charge in [0.15, 0.2) is 0 Å². The van der Waals surface area contributed by atoms with Crippen LogP contribution >= 0.6 is 11.8 Å². The minimum atomic E-state index is -1.04. The van der Waals surface area contributed by atoms with E-state index >= 15 is 0 Å². The molecule has 2 heterocycles. The fourth-order valence-corrected chi connectivity index (χ4v) is 3.75. The molecule has 0 atom stereocenters. The molecule has 1 aromatic heterocycles. The third-order valence-corrected chi connectivity index (χ3v) is 5.33. The van der Waals surface area contributed by atoms with Gasteiger partial charge >= 0.3 is 5.97 Å². The molecule has 0 aliphatic carbocycles. The maximum absolute atomic E-state index is 13.0. The molecule has 1 fully saturated rings. The number of halogens is 1. The molecule has 1 N–H and O–H groups in total. The molecule has 0 saturated carbocycles. The molecule has 0 bridgehead atoms. The molecule has 0 radical (unpaired) electrons. The molecular formula is C22H14FNO5S. The van der Waals surface area contributed by atoms with Crippen molar-refractivity contribution in [2.45, 2.75) is 6.54 Å². The third-order valence-electron chi connectivity index (χ3n) is 4.42. The first kappa shape index (κ1) is 19.7. The SMILES string of the molecule is O=C(O)c1cccc(-c2ccc(C=C3SC(=O)N(Cc4ccc(F)cc4)C3=O)o2)c1. The molecule has 0 unspecified atom stereocenters. The van der Waals surface area contributed by atoms with Crippen LogP contribution in [0.25, 0.3) is 17.4 Å². The van der Waals surface area contributed by atoms with Crippen molar-refractivity contribution < 1.29 is 28.3 Å². The Morgan fingerprint density at radius 3 is 2.60 bits per heavy atom. The standard InChI is InChI=1S/C22H14FNO5S/c23-16-6-4-13(5-7-16)12-24-20(25)19(30-22(24)28)11-17-8-9-18(29-17)14-2-1-3-15(10-14)21(26)27/h1-11H,12H2,(H,26,27). The number of imide groups is 1. The summed E-state index contributed by atoms with van der Waals surface area (Å²) in [5.74, 6) is -1.10. The molecular weight excluding hydrogens is 409 g/mol. The minimum Gasteiger partial charge on any atom is -0.478 e. The van der Waals surface area contributed by atoms with Crippen molar-refractivity contribution in [3.63, 3.8) is 0 Å². The second-order valence-corrected chi connectivity index (χ2v) is 7.48. The van der Waals surface area contributed by atoms with Gasteiger partial charge in [-0.3, -0.25) is 14.5 Å². The van der Waals surface area contributed by atoms with Gasteiger partial charge in [-0.25, -0.2) is 9.18 Å². The molecule has 1 aliphatic rings. The van der Waals surface area contributed by atoms with Gasteiger partial charge < -0.3 is 9.52 Å². The summed E-state index contributed by atoms with van der Waals surface area (Å²) in [4.78, 5) is 37.3. The summed E-state index contributed by atoms with van der Waals surface area (Å²) in [7, 11) is 0. The number of benzene rings is 2. The van der Waals surface area contributed by atoms with Gasteiger partial charge in [0.1, 0.15) is 17.3 Å². The van der Waals surface area contributed by atoms with Crippen LogP contribution in [0.2, 0.25) is 0 Å².